The summed E-state index contributed by atoms with van der Waals surface area (Å²) in [5, 5.41) is 15.2. The Morgan fingerprint density at radius 2 is 2.11 bits per heavy atom. The normalized spacial score (nSPS) is 11.1. The number of H-pyrrole nitrogens is 1. The van der Waals surface area contributed by atoms with Gasteiger partial charge < -0.3 is 10.3 Å². The molecular weight excluding hydrogens is 410 g/mol. The Morgan fingerprint density at radius 3 is 2.93 bits per heavy atom. The van der Waals surface area contributed by atoms with Gasteiger partial charge in [0.05, 0.1) is 31.9 Å². The standard InChI is InChI=1S/C16H10ClN5O3S2/c17-8-1-4-13-12(5-8)20-16(27-13)21-14(23)7-26-15-18-10-3-2-9(22(24)25)6-11(10)19-15/h1-6H,7H2,(H,18,19)(H,20,21,23). The van der Waals surface area contributed by atoms with Gasteiger partial charge in [-0.2, -0.15) is 0 Å². The van der Waals surface area contributed by atoms with Crippen molar-refractivity contribution in [3.8, 4) is 0 Å². The van der Waals surface area contributed by atoms with Crippen LogP contribution in [0.3, 0.4) is 0 Å². The Labute approximate surface area is 165 Å². The molecule has 27 heavy (non-hydrogen) atoms. The topological polar surface area (TPSA) is 114 Å². The number of nitrogens with one attached hydrogen (secondary N) is 2. The van der Waals surface area contributed by atoms with Crippen LogP contribution in [-0.2, 0) is 4.79 Å². The van der Waals surface area contributed by atoms with Crippen molar-refractivity contribution in [3.05, 3.63) is 51.5 Å². The number of nitro groups is 1. The fraction of sp³-hybridized carbons (Fsp3) is 0.0625. The maximum atomic E-state index is 12.2. The van der Waals surface area contributed by atoms with E-state index in [2.05, 4.69) is 20.3 Å². The van der Waals surface area contributed by atoms with Crippen molar-refractivity contribution in [2.24, 2.45) is 0 Å². The van der Waals surface area contributed by atoms with E-state index in [1.165, 1.54) is 35.2 Å². The van der Waals surface area contributed by atoms with Crippen LogP contribution < -0.4 is 5.32 Å². The van der Waals surface area contributed by atoms with Gasteiger partial charge in [0, 0.05) is 17.2 Å². The number of aromatic amines is 1. The number of nitro benzene ring substituents is 1. The number of amides is 1. The number of non-ortho nitro benzene ring substituents is 1. The molecule has 0 unspecified atom stereocenters. The fourth-order valence-corrected chi connectivity index (χ4v) is 4.11. The van der Waals surface area contributed by atoms with Crippen molar-refractivity contribution < 1.29 is 9.72 Å². The molecule has 8 nitrogen and oxygen atoms in total. The molecule has 0 atom stereocenters. The minimum Gasteiger partial charge on any atom is -0.333 e. The number of benzene rings is 2. The van der Waals surface area contributed by atoms with Crippen molar-refractivity contribution >= 4 is 72.7 Å². The molecule has 4 rings (SSSR count). The number of nitrogens with zero attached hydrogens (tertiary/aromatic N) is 3. The van der Waals surface area contributed by atoms with Gasteiger partial charge in [0.25, 0.3) is 5.69 Å². The van der Waals surface area contributed by atoms with E-state index in [0.717, 1.165) is 10.2 Å². The van der Waals surface area contributed by atoms with Gasteiger partial charge in [-0.05, 0) is 24.3 Å². The number of rotatable bonds is 5. The van der Waals surface area contributed by atoms with Crippen molar-refractivity contribution in [1.82, 2.24) is 15.0 Å². The summed E-state index contributed by atoms with van der Waals surface area (Å²) in [6, 6.07) is 9.75. The number of thioether (sulfide) groups is 1. The third-order valence-electron chi connectivity index (χ3n) is 3.59. The third-order valence-corrected chi connectivity index (χ3v) is 5.65. The summed E-state index contributed by atoms with van der Waals surface area (Å²) in [4.78, 5) is 34.1. The fourth-order valence-electron chi connectivity index (χ4n) is 2.40. The molecule has 2 aromatic heterocycles. The van der Waals surface area contributed by atoms with Gasteiger partial charge >= 0.3 is 0 Å². The lowest BCUT2D eigenvalue weighted by atomic mass is 10.3. The number of anilines is 1. The van der Waals surface area contributed by atoms with Crippen LogP contribution in [0.4, 0.5) is 10.8 Å². The highest BCUT2D eigenvalue weighted by Crippen LogP contribution is 2.28. The molecule has 0 aliphatic heterocycles. The number of carbonyl (C=O) groups excluding carboxylic acids is 1. The lowest BCUT2D eigenvalue weighted by molar-refractivity contribution is -0.384. The zero-order valence-electron chi connectivity index (χ0n) is 13.4. The van der Waals surface area contributed by atoms with E-state index in [9.17, 15) is 14.9 Å². The molecule has 0 aliphatic rings. The zero-order valence-corrected chi connectivity index (χ0v) is 15.8. The Kier molecular flexibility index (Phi) is 4.68. The van der Waals surface area contributed by atoms with Crippen LogP contribution in [-0.4, -0.2) is 31.5 Å². The van der Waals surface area contributed by atoms with Gasteiger partial charge in [0.2, 0.25) is 5.91 Å². The summed E-state index contributed by atoms with van der Waals surface area (Å²) < 4.78 is 0.932. The first kappa shape index (κ1) is 17.7. The van der Waals surface area contributed by atoms with Crippen LogP contribution in [0.2, 0.25) is 5.02 Å². The van der Waals surface area contributed by atoms with Gasteiger partial charge in [0.1, 0.15) is 0 Å². The first-order valence-electron chi connectivity index (χ1n) is 7.61. The van der Waals surface area contributed by atoms with Crippen molar-refractivity contribution in [3.63, 3.8) is 0 Å². The number of imidazole rings is 1. The number of aromatic nitrogens is 3. The summed E-state index contributed by atoms with van der Waals surface area (Å²) in [6.45, 7) is 0. The van der Waals surface area contributed by atoms with E-state index < -0.39 is 4.92 Å². The minimum atomic E-state index is -0.467. The molecule has 2 heterocycles. The summed E-state index contributed by atoms with van der Waals surface area (Å²) in [7, 11) is 0. The molecule has 136 valence electrons. The maximum Gasteiger partial charge on any atom is 0.271 e. The van der Waals surface area contributed by atoms with E-state index >= 15 is 0 Å². The minimum absolute atomic E-state index is 0.0172. The molecule has 0 radical (unpaired) electrons. The zero-order chi connectivity index (χ0) is 19.0. The lowest BCUT2D eigenvalue weighted by Crippen LogP contribution is -2.13. The van der Waals surface area contributed by atoms with Crippen LogP contribution in [0, 0.1) is 10.1 Å². The summed E-state index contributed by atoms with van der Waals surface area (Å²) >= 11 is 8.51. The summed E-state index contributed by atoms with van der Waals surface area (Å²) in [6.07, 6.45) is 0. The van der Waals surface area contributed by atoms with Crippen LogP contribution in [0.5, 0.6) is 0 Å². The van der Waals surface area contributed by atoms with Gasteiger partial charge in [0.15, 0.2) is 10.3 Å². The van der Waals surface area contributed by atoms with E-state index in [1.54, 1.807) is 18.2 Å². The van der Waals surface area contributed by atoms with Gasteiger partial charge in [-0.25, -0.2) is 9.97 Å². The molecule has 0 bridgehead atoms. The van der Waals surface area contributed by atoms with E-state index in [1.807, 2.05) is 6.07 Å². The predicted octanol–water partition coefficient (Wildman–Crippen LogP) is 4.47. The molecule has 2 aromatic carbocycles. The second-order valence-corrected chi connectivity index (χ2v) is 7.90. The van der Waals surface area contributed by atoms with Crippen molar-refractivity contribution in [2.75, 3.05) is 11.1 Å². The summed E-state index contributed by atoms with van der Waals surface area (Å²) in [5.74, 6) is -0.102. The lowest BCUT2D eigenvalue weighted by Gasteiger charge is -1.99. The number of thiazole rings is 1. The monoisotopic (exact) mass is 419 g/mol. The molecule has 0 fully saturated rings. The molecule has 0 aliphatic carbocycles. The number of carbonyl (C=O) groups is 1. The summed E-state index contributed by atoms with van der Waals surface area (Å²) in [5.41, 5.74) is 1.87. The Balaban J connectivity index is 1.42. The molecule has 2 N–H and O–H groups in total. The maximum absolute atomic E-state index is 12.2. The number of halogens is 1. The number of fused-ring (bicyclic) bond motifs is 2. The quantitative estimate of drug-likeness (QED) is 0.280. The first-order valence-corrected chi connectivity index (χ1v) is 9.79. The highest BCUT2D eigenvalue weighted by atomic mass is 35.5. The third kappa shape index (κ3) is 3.87. The first-order chi connectivity index (χ1) is 13.0. The van der Waals surface area contributed by atoms with E-state index in [4.69, 9.17) is 11.6 Å². The van der Waals surface area contributed by atoms with Gasteiger partial charge in [-0.3, -0.25) is 14.9 Å². The molecule has 1 amide bonds. The Hall–Kier alpha value is -2.69. The highest BCUT2D eigenvalue weighted by molar-refractivity contribution is 7.99. The van der Waals surface area contributed by atoms with Crippen LogP contribution in [0.25, 0.3) is 21.3 Å². The van der Waals surface area contributed by atoms with E-state index in [-0.39, 0.29) is 17.3 Å². The number of hydrogen-bond donors (Lipinski definition) is 2. The molecular formula is C16H10ClN5O3S2. The molecule has 4 aromatic rings. The van der Waals surface area contributed by atoms with E-state index in [0.29, 0.717) is 26.3 Å². The predicted molar refractivity (Wildman–Crippen MR) is 107 cm³/mol. The smallest absolute Gasteiger partial charge is 0.271 e. The Bertz CT molecular complexity index is 1190. The van der Waals surface area contributed by atoms with Crippen molar-refractivity contribution in [1.29, 1.82) is 0 Å². The highest BCUT2D eigenvalue weighted by Gasteiger charge is 2.12. The second-order valence-electron chi connectivity index (χ2n) is 5.47. The Morgan fingerprint density at radius 1 is 1.26 bits per heavy atom. The molecule has 11 heteroatoms. The largest absolute Gasteiger partial charge is 0.333 e. The average Bonchev–Trinajstić information content (AvgIpc) is 3.21. The van der Waals surface area contributed by atoms with Crippen LogP contribution in [0.15, 0.2) is 41.6 Å². The van der Waals surface area contributed by atoms with Crippen molar-refractivity contribution in [2.45, 2.75) is 5.16 Å². The van der Waals surface area contributed by atoms with Crippen LogP contribution in [0.1, 0.15) is 0 Å². The average molecular weight is 420 g/mol. The van der Waals surface area contributed by atoms with Gasteiger partial charge in [-0.1, -0.05) is 34.7 Å². The number of hydrogen-bond acceptors (Lipinski definition) is 7. The molecule has 0 spiro atoms. The molecule has 0 saturated heterocycles. The second kappa shape index (κ2) is 7.14. The van der Waals surface area contributed by atoms with Gasteiger partial charge in [-0.15, -0.1) is 0 Å². The van der Waals surface area contributed by atoms with Crippen LogP contribution >= 0.6 is 34.7 Å². The SMILES string of the molecule is O=C(CSc1nc2ccc([N+](=O)[O-])cc2[nH]1)Nc1nc2cc(Cl)ccc2s1. The molecule has 0 saturated carbocycles.